The highest BCUT2D eigenvalue weighted by atomic mass is 35.5. The van der Waals surface area contributed by atoms with Gasteiger partial charge in [-0.05, 0) is 31.4 Å². The number of carboxylic acids is 1. The molecule has 0 spiro atoms. The van der Waals surface area contributed by atoms with E-state index >= 15 is 0 Å². The maximum atomic E-state index is 12.4. The number of rotatable bonds is 2. The molecule has 4 nitrogen and oxygen atoms in total. The molecule has 102 valence electrons. The third-order valence-corrected chi connectivity index (χ3v) is 3.98. The molecule has 1 aromatic carbocycles. The van der Waals surface area contributed by atoms with Crippen molar-refractivity contribution in [3.8, 4) is 0 Å². The van der Waals surface area contributed by atoms with E-state index in [1.54, 1.807) is 17.0 Å². The fourth-order valence-corrected chi connectivity index (χ4v) is 2.55. The van der Waals surface area contributed by atoms with Gasteiger partial charge < -0.3 is 10.0 Å². The van der Waals surface area contributed by atoms with Gasteiger partial charge in [0.1, 0.15) is 0 Å². The van der Waals surface area contributed by atoms with E-state index in [0.717, 1.165) is 5.56 Å². The molecule has 0 saturated carbocycles. The summed E-state index contributed by atoms with van der Waals surface area (Å²) >= 11 is 6.14. The summed E-state index contributed by atoms with van der Waals surface area (Å²) < 4.78 is 0. The smallest absolute Gasteiger partial charge is 0.308 e. The Morgan fingerprint density at radius 2 is 2.16 bits per heavy atom. The van der Waals surface area contributed by atoms with E-state index in [9.17, 15) is 9.59 Å². The monoisotopic (exact) mass is 281 g/mol. The summed E-state index contributed by atoms with van der Waals surface area (Å²) in [6, 6.07) is 5.31. The number of hydrogen-bond donors (Lipinski definition) is 1. The lowest BCUT2D eigenvalue weighted by molar-refractivity contribution is -0.143. The normalized spacial score (nSPS) is 19.3. The minimum atomic E-state index is -0.840. The summed E-state index contributed by atoms with van der Waals surface area (Å²) in [5.41, 5.74) is 1.30. The number of benzene rings is 1. The molecular formula is C14H16ClNO3. The minimum Gasteiger partial charge on any atom is -0.481 e. The van der Waals surface area contributed by atoms with Crippen LogP contribution in [-0.4, -0.2) is 35.0 Å². The number of carboxylic acid groups (broad SMARTS) is 1. The lowest BCUT2D eigenvalue weighted by Crippen LogP contribution is -2.42. The molecule has 1 aromatic rings. The Kier molecular flexibility index (Phi) is 4.10. The summed E-state index contributed by atoms with van der Waals surface area (Å²) in [5.74, 6) is -1.49. The van der Waals surface area contributed by atoms with Gasteiger partial charge in [-0.2, -0.15) is 0 Å². The number of hydrogen-bond acceptors (Lipinski definition) is 2. The number of carbonyl (C=O) groups is 2. The summed E-state index contributed by atoms with van der Waals surface area (Å²) in [6.45, 7) is 2.70. The van der Waals surface area contributed by atoms with Crippen LogP contribution in [0.15, 0.2) is 18.2 Å². The number of nitrogens with zero attached hydrogens (tertiary/aromatic N) is 1. The van der Waals surface area contributed by atoms with Crippen molar-refractivity contribution >= 4 is 23.5 Å². The standard InChI is InChI=1S/C14H16ClNO3/c1-9-4-2-6-11(12(9)15)13(17)16-7-3-5-10(8-16)14(18)19/h2,4,6,10H,3,5,7-8H2,1H3,(H,18,19). The molecule has 1 aliphatic heterocycles. The van der Waals surface area contributed by atoms with E-state index in [2.05, 4.69) is 0 Å². The van der Waals surface area contributed by atoms with Gasteiger partial charge in [0.05, 0.1) is 16.5 Å². The van der Waals surface area contributed by atoms with Crippen LogP contribution in [0.25, 0.3) is 0 Å². The van der Waals surface area contributed by atoms with Crippen LogP contribution in [0, 0.1) is 12.8 Å². The Morgan fingerprint density at radius 3 is 2.84 bits per heavy atom. The van der Waals surface area contributed by atoms with E-state index in [1.807, 2.05) is 13.0 Å². The molecule has 0 aliphatic carbocycles. The fourth-order valence-electron chi connectivity index (χ4n) is 2.35. The van der Waals surface area contributed by atoms with Crippen molar-refractivity contribution in [2.24, 2.45) is 5.92 Å². The second-order valence-electron chi connectivity index (χ2n) is 4.87. The largest absolute Gasteiger partial charge is 0.481 e. The van der Waals surface area contributed by atoms with Crippen molar-refractivity contribution in [1.82, 2.24) is 4.90 Å². The van der Waals surface area contributed by atoms with Gasteiger partial charge in [0.25, 0.3) is 5.91 Å². The lowest BCUT2D eigenvalue weighted by atomic mass is 9.97. The average molecular weight is 282 g/mol. The molecule has 0 radical (unpaired) electrons. The SMILES string of the molecule is Cc1cccc(C(=O)N2CCCC(C(=O)O)C2)c1Cl. The predicted octanol–water partition coefficient (Wildman–Crippen LogP) is 2.59. The maximum absolute atomic E-state index is 12.4. The fraction of sp³-hybridized carbons (Fsp3) is 0.429. The molecule has 1 amide bonds. The first-order valence-corrected chi connectivity index (χ1v) is 6.65. The van der Waals surface area contributed by atoms with Crippen LogP contribution in [-0.2, 0) is 4.79 Å². The van der Waals surface area contributed by atoms with Crippen molar-refractivity contribution < 1.29 is 14.7 Å². The first kappa shape index (κ1) is 13.9. The summed E-state index contributed by atoms with van der Waals surface area (Å²) in [5, 5.41) is 9.49. The van der Waals surface area contributed by atoms with Gasteiger partial charge in [-0.25, -0.2) is 0 Å². The quantitative estimate of drug-likeness (QED) is 0.906. The number of amides is 1. The van der Waals surface area contributed by atoms with Crippen LogP contribution < -0.4 is 0 Å². The van der Waals surface area contributed by atoms with Gasteiger partial charge >= 0.3 is 5.97 Å². The van der Waals surface area contributed by atoms with Gasteiger partial charge in [0, 0.05) is 13.1 Å². The van der Waals surface area contributed by atoms with Gasteiger partial charge in [-0.15, -0.1) is 0 Å². The van der Waals surface area contributed by atoms with Crippen molar-refractivity contribution in [2.75, 3.05) is 13.1 Å². The van der Waals surface area contributed by atoms with Gasteiger partial charge in [0.15, 0.2) is 0 Å². The number of aliphatic carboxylic acids is 1. The Morgan fingerprint density at radius 1 is 1.42 bits per heavy atom. The summed E-state index contributed by atoms with van der Waals surface area (Å²) in [7, 11) is 0. The maximum Gasteiger partial charge on any atom is 0.308 e. The van der Waals surface area contributed by atoms with Crippen LogP contribution >= 0.6 is 11.6 Å². The van der Waals surface area contributed by atoms with Crippen molar-refractivity contribution in [3.05, 3.63) is 34.3 Å². The van der Waals surface area contributed by atoms with Gasteiger partial charge in [-0.3, -0.25) is 9.59 Å². The topological polar surface area (TPSA) is 57.6 Å². The molecular weight excluding hydrogens is 266 g/mol. The van der Waals surface area contributed by atoms with Crippen LogP contribution in [0.4, 0.5) is 0 Å². The molecule has 1 saturated heterocycles. The highest BCUT2D eigenvalue weighted by molar-refractivity contribution is 6.34. The molecule has 1 N–H and O–H groups in total. The van der Waals surface area contributed by atoms with E-state index in [-0.39, 0.29) is 12.5 Å². The van der Waals surface area contributed by atoms with Crippen LogP contribution in [0.3, 0.4) is 0 Å². The summed E-state index contributed by atoms with van der Waals surface area (Å²) in [4.78, 5) is 25.0. The highest BCUT2D eigenvalue weighted by Crippen LogP contribution is 2.24. The van der Waals surface area contributed by atoms with Crippen molar-refractivity contribution in [3.63, 3.8) is 0 Å². The lowest BCUT2D eigenvalue weighted by Gasteiger charge is -2.31. The molecule has 1 aliphatic rings. The van der Waals surface area contributed by atoms with Gasteiger partial charge in [-0.1, -0.05) is 23.7 Å². The minimum absolute atomic E-state index is 0.181. The molecule has 1 fully saturated rings. The Bertz CT molecular complexity index is 515. The zero-order valence-electron chi connectivity index (χ0n) is 10.7. The zero-order valence-corrected chi connectivity index (χ0v) is 11.5. The first-order valence-electron chi connectivity index (χ1n) is 6.28. The number of likely N-dealkylation sites (tertiary alicyclic amines) is 1. The number of carbonyl (C=O) groups excluding carboxylic acids is 1. The first-order chi connectivity index (χ1) is 9.00. The third-order valence-electron chi connectivity index (χ3n) is 3.48. The van der Waals surface area contributed by atoms with E-state index in [1.165, 1.54) is 0 Å². The number of aryl methyl sites for hydroxylation is 1. The molecule has 19 heavy (non-hydrogen) atoms. The van der Waals surface area contributed by atoms with Crippen molar-refractivity contribution in [1.29, 1.82) is 0 Å². The molecule has 5 heteroatoms. The molecule has 1 heterocycles. The molecule has 0 aromatic heterocycles. The van der Waals surface area contributed by atoms with Crippen LogP contribution in [0.2, 0.25) is 5.02 Å². The van der Waals surface area contributed by atoms with E-state index in [0.29, 0.717) is 30.0 Å². The molecule has 2 rings (SSSR count). The average Bonchev–Trinajstić information content (AvgIpc) is 2.41. The van der Waals surface area contributed by atoms with E-state index < -0.39 is 11.9 Å². The highest BCUT2D eigenvalue weighted by Gasteiger charge is 2.29. The Balaban J connectivity index is 2.19. The second-order valence-corrected chi connectivity index (χ2v) is 5.24. The second kappa shape index (κ2) is 5.61. The molecule has 1 unspecified atom stereocenters. The van der Waals surface area contributed by atoms with Crippen LogP contribution in [0.1, 0.15) is 28.8 Å². The summed E-state index contributed by atoms with van der Waals surface area (Å²) in [6.07, 6.45) is 1.34. The number of halogens is 1. The van der Waals surface area contributed by atoms with Gasteiger partial charge in [0.2, 0.25) is 0 Å². The molecule has 1 atom stereocenters. The Hall–Kier alpha value is -1.55. The third kappa shape index (κ3) is 2.89. The van der Waals surface area contributed by atoms with E-state index in [4.69, 9.17) is 16.7 Å². The predicted molar refractivity (Wildman–Crippen MR) is 72.5 cm³/mol. The zero-order chi connectivity index (χ0) is 14.0. The van der Waals surface area contributed by atoms with Crippen LogP contribution in [0.5, 0.6) is 0 Å². The Labute approximate surface area is 117 Å². The van der Waals surface area contributed by atoms with Crippen molar-refractivity contribution in [2.45, 2.75) is 19.8 Å². The molecule has 0 bridgehead atoms. The number of piperidine rings is 1.